The highest BCUT2D eigenvalue weighted by atomic mass is 19.2. The van der Waals surface area contributed by atoms with Gasteiger partial charge in [0.2, 0.25) is 0 Å². The maximum Gasteiger partial charge on any atom is 0.251 e. The van der Waals surface area contributed by atoms with Crippen molar-refractivity contribution in [3.8, 4) is 0 Å². The summed E-state index contributed by atoms with van der Waals surface area (Å²) in [7, 11) is 0. The minimum Gasteiger partial charge on any atom is -0.351 e. The average Bonchev–Trinajstić information content (AvgIpc) is 3.13. The van der Waals surface area contributed by atoms with Crippen LogP contribution in [0.5, 0.6) is 0 Å². The molecule has 2 saturated carbocycles. The van der Waals surface area contributed by atoms with E-state index in [1.54, 1.807) is 0 Å². The van der Waals surface area contributed by atoms with E-state index in [1.165, 1.54) is 55.7 Å². The summed E-state index contributed by atoms with van der Waals surface area (Å²) in [4.78, 5) is 24.7. The van der Waals surface area contributed by atoms with E-state index in [4.69, 9.17) is 0 Å². The number of hydrogen-bond acceptors (Lipinski definition) is 2. The zero-order valence-corrected chi connectivity index (χ0v) is 27.9. The number of nitrogens with one attached hydrogen (secondary N) is 2. The lowest BCUT2D eigenvalue weighted by atomic mass is 9.70. The largest absolute Gasteiger partial charge is 0.351 e. The van der Waals surface area contributed by atoms with Gasteiger partial charge in [-0.3, -0.25) is 9.59 Å². The summed E-state index contributed by atoms with van der Waals surface area (Å²) in [5.74, 6) is -2.24. The second kappa shape index (κ2) is 17.2. The van der Waals surface area contributed by atoms with Crippen molar-refractivity contribution in [2.45, 2.75) is 77.0 Å². The Morgan fingerprint density at radius 1 is 0.500 bits per heavy atom. The maximum absolute atomic E-state index is 13.3. The molecule has 4 aromatic carbocycles. The zero-order chi connectivity index (χ0) is 33.7. The molecule has 2 aliphatic rings. The molecule has 252 valence electrons. The van der Waals surface area contributed by atoms with E-state index < -0.39 is 11.6 Å². The minimum absolute atomic E-state index is 0.0356. The molecule has 0 saturated heterocycles. The third-order valence-electron chi connectivity index (χ3n) is 10.1. The molecule has 2 aliphatic carbocycles. The topological polar surface area (TPSA) is 58.2 Å². The van der Waals surface area contributed by atoms with Crippen LogP contribution in [0.15, 0.2) is 109 Å². The second-order valence-corrected chi connectivity index (χ2v) is 13.8. The van der Waals surface area contributed by atoms with E-state index in [2.05, 4.69) is 53.1 Å². The Kier molecular flexibility index (Phi) is 12.5. The molecule has 0 aromatic heterocycles. The molecule has 0 unspecified atom stereocenters. The molecule has 2 amide bonds. The van der Waals surface area contributed by atoms with E-state index in [-0.39, 0.29) is 28.2 Å². The maximum atomic E-state index is 13.3. The quantitative estimate of drug-likeness (QED) is 0.180. The summed E-state index contributed by atoms with van der Waals surface area (Å²) >= 11 is 0. The highest BCUT2D eigenvalue weighted by Gasteiger charge is 2.34. The van der Waals surface area contributed by atoms with Gasteiger partial charge < -0.3 is 10.6 Å². The van der Waals surface area contributed by atoms with E-state index in [0.29, 0.717) is 6.54 Å². The van der Waals surface area contributed by atoms with Crippen molar-refractivity contribution in [2.24, 2.45) is 10.8 Å². The number of carbonyl (C=O) groups excluding carboxylic acids is 2. The van der Waals surface area contributed by atoms with Gasteiger partial charge >= 0.3 is 0 Å². The predicted octanol–water partition coefficient (Wildman–Crippen LogP) is 9.50. The summed E-state index contributed by atoms with van der Waals surface area (Å²) < 4.78 is 26.4. The summed E-state index contributed by atoms with van der Waals surface area (Å²) in [6.45, 7) is 1.33. The lowest BCUT2D eigenvalue weighted by molar-refractivity contribution is 0.0901. The molecular formula is C42H48F2N2O2. The number of benzene rings is 4. The zero-order valence-electron chi connectivity index (χ0n) is 27.9. The van der Waals surface area contributed by atoms with Crippen LogP contribution in [-0.2, 0) is 12.8 Å². The van der Waals surface area contributed by atoms with Crippen LogP contribution in [0.3, 0.4) is 0 Å². The Hall–Kier alpha value is -4.32. The van der Waals surface area contributed by atoms with Gasteiger partial charge in [-0.15, -0.1) is 0 Å². The van der Waals surface area contributed by atoms with Crippen LogP contribution < -0.4 is 10.6 Å². The molecule has 2 fully saturated rings. The van der Waals surface area contributed by atoms with Crippen molar-refractivity contribution in [1.29, 1.82) is 0 Å². The summed E-state index contributed by atoms with van der Waals surface area (Å²) in [6, 6.07) is 33.8. The van der Waals surface area contributed by atoms with Gasteiger partial charge in [-0.05, 0) is 90.8 Å². The number of amides is 2. The molecule has 0 aliphatic heterocycles. The number of carbonyl (C=O) groups is 2. The van der Waals surface area contributed by atoms with Crippen LogP contribution in [0.1, 0.15) is 96.1 Å². The fraction of sp³-hybridized carbons (Fsp3) is 0.381. The Balaban J connectivity index is 0.000000188. The van der Waals surface area contributed by atoms with Gasteiger partial charge in [0.15, 0.2) is 11.6 Å². The Morgan fingerprint density at radius 3 is 1.35 bits per heavy atom. The summed E-state index contributed by atoms with van der Waals surface area (Å²) in [6.07, 6.45) is 13.9. The molecule has 0 spiro atoms. The first-order chi connectivity index (χ1) is 23.4. The third kappa shape index (κ3) is 10.1. The smallest absolute Gasteiger partial charge is 0.251 e. The third-order valence-corrected chi connectivity index (χ3v) is 10.1. The molecule has 4 aromatic rings. The highest BCUT2D eigenvalue weighted by molar-refractivity contribution is 5.94. The van der Waals surface area contributed by atoms with Crippen molar-refractivity contribution in [2.75, 3.05) is 13.1 Å². The van der Waals surface area contributed by atoms with Gasteiger partial charge in [-0.1, -0.05) is 117 Å². The van der Waals surface area contributed by atoms with Gasteiger partial charge in [0.25, 0.3) is 11.8 Å². The van der Waals surface area contributed by atoms with Gasteiger partial charge in [-0.2, -0.15) is 0 Å². The van der Waals surface area contributed by atoms with Gasteiger partial charge in [-0.25, -0.2) is 8.78 Å². The average molecular weight is 651 g/mol. The van der Waals surface area contributed by atoms with E-state index in [1.807, 2.05) is 48.5 Å². The van der Waals surface area contributed by atoms with Crippen LogP contribution in [0.25, 0.3) is 0 Å². The van der Waals surface area contributed by atoms with Crippen molar-refractivity contribution in [3.63, 3.8) is 0 Å². The first-order valence-corrected chi connectivity index (χ1v) is 17.5. The van der Waals surface area contributed by atoms with Crippen molar-refractivity contribution < 1.29 is 18.4 Å². The lowest BCUT2D eigenvalue weighted by Crippen LogP contribution is -2.40. The fourth-order valence-corrected chi connectivity index (χ4v) is 7.46. The molecule has 6 heteroatoms. The van der Waals surface area contributed by atoms with Crippen LogP contribution in [-0.4, -0.2) is 24.9 Å². The molecule has 6 rings (SSSR count). The Bertz CT molecular complexity index is 1580. The Labute approximate surface area is 284 Å². The highest BCUT2D eigenvalue weighted by Crippen LogP contribution is 2.40. The van der Waals surface area contributed by atoms with Crippen LogP contribution in [0.4, 0.5) is 8.78 Å². The predicted molar refractivity (Wildman–Crippen MR) is 189 cm³/mol. The minimum atomic E-state index is -0.996. The van der Waals surface area contributed by atoms with Gasteiger partial charge in [0.1, 0.15) is 0 Å². The first kappa shape index (κ1) is 35.0. The monoisotopic (exact) mass is 650 g/mol. The van der Waals surface area contributed by atoms with Crippen molar-refractivity contribution in [1.82, 2.24) is 10.6 Å². The Morgan fingerprint density at radius 2 is 0.917 bits per heavy atom. The number of halogens is 2. The molecule has 2 N–H and O–H groups in total. The fourth-order valence-electron chi connectivity index (χ4n) is 7.46. The summed E-state index contributed by atoms with van der Waals surface area (Å²) in [5, 5.41) is 6.14. The van der Waals surface area contributed by atoms with E-state index in [9.17, 15) is 18.4 Å². The normalized spacial score (nSPS) is 16.5. The SMILES string of the molecule is O=C(NCC1(Cc2ccccc2)CCCCC1)c1ccc(F)c(F)c1.O=C(NCC1(Cc2ccccc2)CCCCC1)c1ccccc1. The molecule has 0 atom stereocenters. The molecule has 0 bridgehead atoms. The molecule has 0 heterocycles. The molecular weight excluding hydrogens is 602 g/mol. The van der Waals surface area contributed by atoms with Crippen LogP contribution >= 0.6 is 0 Å². The van der Waals surface area contributed by atoms with E-state index >= 15 is 0 Å². The van der Waals surface area contributed by atoms with Crippen LogP contribution in [0, 0.1) is 22.5 Å². The number of hydrogen-bond donors (Lipinski definition) is 2. The second-order valence-electron chi connectivity index (χ2n) is 13.8. The van der Waals surface area contributed by atoms with Crippen molar-refractivity contribution in [3.05, 3.63) is 143 Å². The first-order valence-electron chi connectivity index (χ1n) is 17.5. The van der Waals surface area contributed by atoms with Crippen LogP contribution in [0.2, 0.25) is 0 Å². The molecule has 48 heavy (non-hydrogen) atoms. The standard InChI is InChI=1S/C21H23F2NO.C21H25NO/c22-18-10-9-17(13-19(18)23)20(25)24-15-21(11-5-2-6-12-21)14-16-7-3-1-4-8-16;23-20(19-12-6-2-7-13-19)22-17-21(14-8-3-9-15-21)16-18-10-4-1-5-11-18/h1,3-4,7-10,13H,2,5-6,11-12,14-15H2,(H,24,25);1-2,4-7,10-13H,3,8-9,14-17H2,(H,22,23). The number of rotatable bonds is 10. The van der Waals surface area contributed by atoms with E-state index in [0.717, 1.165) is 62.8 Å². The van der Waals surface area contributed by atoms with Crippen molar-refractivity contribution >= 4 is 11.8 Å². The summed E-state index contributed by atoms with van der Waals surface area (Å²) in [5.41, 5.74) is 3.80. The molecule has 0 radical (unpaired) electrons. The van der Waals surface area contributed by atoms with Gasteiger partial charge in [0.05, 0.1) is 0 Å². The molecule has 4 nitrogen and oxygen atoms in total. The van der Waals surface area contributed by atoms with Gasteiger partial charge in [0, 0.05) is 24.2 Å². The lowest BCUT2D eigenvalue weighted by Gasteiger charge is -2.37.